The molecule has 6 nitrogen and oxygen atoms in total. The van der Waals surface area contributed by atoms with Gasteiger partial charge in [0.05, 0.1) is 0 Å². The summed E-state index contributed by atoms with van der Waals surface area (Å²) in [7, 11) is 0. The standard InChI is InChI=1S/C16H16ClN3O3/c17-11-4-1-3-10(7-11)14-8-13(20-23-14)16(22)18-9-12-5-2-6-15(21)19-12/h1,3-4,7-8,12H,2,5-6,9H2,(H,18,22)(H,19,21)/t12-/m1/s1. The molecule has 0 bridgehead atoms. The molecule has 1 aliphatic rings. The van der Waals surface area contributed by atoms with Gasteiger partial charge in [0.2, 0.25) is 5.91 Å². The van der Waals surface area contributed by atoms with E-state index in [0.717, 1.165) is 18.4 Å². The van der Waals surface area contributed by atoms with E-state index in [4.69, 9.17) is 16.1 Å². The quantitative estimate of drug-likeness (QED) is 0.899. The van der Waals surface area contributed by atoms with Crippen LogP contribution in [0.2, 0.25) is 5.02 Å². The van der Waals surface area contributed by atoms with Gasteiger partial charge in [0.25, 0.3) is 5.91 Å². The second kappa shape index (κ2) is 6.83. The average Bonchev–Trinajstić information content (AvgIpc) is 3.03. The molecule has 2 N–H and O–H groups in total. The van der Waals surface area contributed by atoms with Gasteiger partial charge in [-0.2, -0.15) is 0 Å². The fraction of sp³-hybridized carbons (Fsp3) is 0.312. The summed E-state index contributed by atoms with van der Waals surface area (Å²) in [6.07, 6.45) is 2.25. The van der Waals surface area contributed by atoms with Gasteiger partial charge >= 0.3 is 0 Å². The number of amides is 2. The zero-order valence-corrected chi connectivity index (χ0v) is 13.1. The molecule has 0 unspecified atom stereocenters. The van der Waals surface area contributed by atoms with Gasteiger partial charge in [-0.25, -0.2) is 0 Å². The summed E-state index contributed by atoms with van der Waals surface area (Å²) in [6, 6.07) is 8.66. The van der Waals surface area contributed by atoms with E-state index < -0.39 is 0 Å². The Bertz CT molecular complexity index is 729. The van der Waals surface area contributed by atoms with E-state index in [9.17, 15) is 9.59 Å². The predicted octanol–water partition coefficient (Wildman–Crippen LogP) is 2.39. The smallest absolute Gasteiger partial charge is 0.273 e. The van der Waals surface area contributed by atoms with Crippen LogP contribution < -0.4 is 10.6 Å². The Morgan fingerprint density at radius 2 is 2.30 bits per heavy atom. The summed E-state index contributed by atoms with van der Waals surface area (Å²) >= 11 is 5.94. The Morgan fingerprint density at radius 1 is 1.43 bits per heavy atom. The number of nitrogens with zero attached hydrogens (tertiary/aromatic N) is 1. The molecule has 2 aromatic rings. The first kappa shape index (κ1) is 15.6. The van der Waals surface area contributed by atoms with Crippen LogP contribution in [0.5, 0.6) is 0 Å². The van der Waals surface area contributed by atoms with Gasteiger partial charge < -0.3 is 15.2 Å². The van der Waals surface area contributed by atoms with Crippen molar-refractivity contribution < 1.29 is 14.1 Å². The second-order valence-electron chi connectivity index (χ2n) is 5.45. The molecule has 120 valence electrons. The van der Waals surface area contributed by atoms with Crippen LogP contribution in [0.15, 0.2) is 34.9 Å². The largest absolute Gasteiger partial charge is 0.355 e. The van der Waals surface area contributed by atoms with Crippen LogP contribution in [0.25, 0.3) is 11.3 Å². The zero-order valence-electron chi connectivity index (χ0n) is 12.3. The Labute approximate surface area is 138 Å². The summed E-state index contributed by atoms with van der Waals surface area (Å²) < 4.78 is 5.20. The third-order valence-corrected chi connectivity index (χ3v) is 3.92. The van der Waals surface area contributed by atoms with Crippen molar-refractivity contribution in [2.45, 2.75) is 25.3 Å². The third kappa shape index (κ3) is 3.90. The highest BCUT2D eigenvalue weighted by Gasteiger charge is 2.20. The maximum Gasteiger partial charge on any atom is 0.273 e. The molecule has 3 rings (SSSR count). The molecule has 1 fully saturated rings. The Hall–Kier alpha value is -2.34. The lowest BCUT2D eigenvalue weighted by Gasteiger charge is -2.23. The van der Waals surface area contributed by atoms with E-state index in [1.807, 2.05) is 6.07 Å². The number of halogens is 1. The number of carbonyl (C=O) groups excluding carboxylic acids is 2. The van der Waals surface area contributed by atoms with Crippen molar-refractivity contribution in [1.29, 1.82) is 0 Å². The topological polar surface area (TPSA) is 84.2 Å². The number of benzene rings is 1. The highest BCUT2D eigenvalue weighted by molar-refractivity contribution is 6.30. The molecule has 1 atom stereocenters. The fourth-order valence-corrected chi connectivity index (χ4v) is 2.69. The minimum atomic E-state index is -0.332. The van der Waals surface area contributed by atoms with Gasteiger partial charge in [-0.3, -0.25) is 9.59 Å². The molecular weight excluding hydrogens is 318 g/mol. The lowest BCUT2D eigenvalue weighted by Crippen LogP contribution is -2.46. The van der Waals surface area contributed by atoms with Gasteiger partial charge in [0.1, 0.15) is 0 Å². The number of nitrogens with one attached hydrogen (secondary N) is 2. The third-order valence-electron chi connectivity index (χ3n) is 3.68. The first-order valence-electron chi connectivity index (χ1n) is 7.42. The van der Waals surface area contributed by atoms with E-state index in [0.29, 0.717) is 23.7 Å². The Morgan fingerprint density at radius 3 is 3.09 bits per heavy atom. The van der Waals surface area contributed by atoms with Crippen molar-refractivity contribution in [3.63, 3.8) is 0 Å². The summed E-state index contributed by atoms with van der Waals surface area (Å²) in [5, 5.41) is 9.98. The molecular formula is C16H16ClN3O3. The van der Waals surface area contributed by atoms with Crippen LogP contribution in [0.1, 0.15) is 29.8 Å². The summed E-state index contributed by atoms with van der Waals surface area (Å²) in [6.45, 7) is 0.379. The zero-order chi connectivity index (χ0) is 16.2. The number of piperidine rings is 1. The van der Waals surface area contributed by atoms with E-state index >= 15 is 0 Å². The van der Waals surface area contributed by atoms with Crippen molar-refractivity contribution in [3.05, 3.63) is 41.0 Å². The SMILES string of the molecule is O=C1CCC[C@H](CNC(=O)c2cc(-c3cccc(Cl)c3)on2)N1. The number of carbonyl (C=O) groups is 2. The molecule has 0 spiro atoms. The lowest BCUT2D eigenvalue weighted by atomic mass is 10.0. The maximum absolute atomic E-state index is 12.1. The minimum Gasteiger partial charge on any atom is -0.355 e. The summed E-state index contributed by atoms with van der Waals surface area (Å²) in [5.41, 5.74) is 0.950. The molecule has 1 aromatic carbocycles. The van der Waals surface area contributed by atoms with Crippen LogP contribution in [-0.4, -0.2) is 29.6 Å². The minimum absolute atomic E-state index is 0.0279. The summed E-state index contributed by atoms with van der Waals surface area (Å²) in [5.74, 6) is 0.172. The van der Waals surface area contributed by atoms with E-state index in [1.165, 1.54) is 0 Å². The molecule has 23 heavy (non-hydrogen) atoms. The first-order chi connectivity index (χ1) is 11.1. The molecule has 1 aromatic heterocycles. The predicted molar refractivity (Wildman–Crippen MR) is 85.1 cm³/mol. The summed E-state index contributed by atoms with van der Waals surface area (Å²) in [4.78, 5) is 23.4. The highest BCUT2D eigenvalue weighted by atomic mass is 35.5. The number of hydrogen-bond acceptors (Lipinski definition) is 4. The highest BCUT2D eigenvalue weighted by Crippen LogP contribution is 2.23. The molecule has 2 heterocycles. The molecule has 0 radical (unpaired) electrons. The van der Waals surface area contributed by atoms with Gasteiger partial charge in [-0.15, -0.1) is 0 Å². The van der Waals surface area contributed by atoms with Crippen molar-refractivity contribution in [2.24, 2.45) is 0 Å². The molecule has 2 amide bonds. The molecule has 0 saturated carbocycles. The Balaban J connectivity index is 1.61. The van der Waals surface area contributed by atoms with E-state index in [1.54, 1.807) is 24.3 Å². The lowest BCUT2D eigenvalue weighted by molar-refractivity contribution is -0.123. The van der Waals surface area contributed by atoms with Crippen LogP contribution in [0.4, 0.5) is 0 Å². The van der Waals surface area contributed by atoms with Crippen molar-refractivity contribution in [3.8, 4) is 11.3 Å². The van der Waals surface area contributed by atoms with Crippen LogP contribution >= 0.6 is 11.6 Å². The van der Waals surface area contributed by atoms with Crippen molar-refractivity contribution >= 4 is 23.4 Å². The molecule has 0 aliphatic carbocycles. The van der Waals surface area contributed by atoms with Crippen LogP contribution in [-0.2, 0) is 4.79 Å². The molecule has 1 aliphatic heterocycles. The average molecular weight is 334 g/mol. The number of hydrogen-bond donors (Lipinski definition) is 2. The molecule has 7 heteroatoms. The van der Waals surface area contributed by atoms with Crippen LogP contribution in [0, 0.1) is 0 Å². The van der Waals surface area contributed by atoms with Gasteiger partial charge in [0, 0.05) is 35.7 Å². The number of rotatable bonds is 4. The monoisotopic (exact) mass is 333 g/mol. The van der Waals surface area contributed by atoms with E-state index in [-0.39, 0.29) is 23.6 Å². The second-order valence-corrected chi connectivity index (χ2v) is 5.89. The van der Waals surface area contributed by atoms with Crippen LogP contribution in [0.3, 0.4) is 0 Å². The normalized spacial score (nSPS) is 17.6. The van der Waals surface area contributed by atoms with Gasteiger partial charge in [0.15, 0.2) is 11.5 Å². The van der Waals surface area contributed by atoms with Gasteiger partial charge in [-0.1, -0.05) is 28.9 Å². The van der Waals surface area contributed by atoms with E-state index in [2.05, 4.69) is 15.8 Å². The molecule has 1 saturated heterocycles. The van der Waals surface area contributed by atoms with Gasteiger partial charge in [-0.05, 0) is 25.0 Å². The number of aromatic nitrogens is 1. The van der Waals surface area contributed by atoms with Crippen molar-refractivity contribution in [1.82, 2.24) is 15.8 Å². The Kier molecular flexibility index (Phi) is 4.62. The maximum atomic E-state index is 12.1. The van der Waals surface area contributed by atoms with Crippen molar-refractivity contribution in [2.75, 3.05) is 6.54 Å². The fourth-order valence-electron chi connectivity index (χ4n) is 2.50. The first-order valence-corrected chi connectivity index (χ1v) is 7.80.